The fourth-order valence-electron chi connectivity index (χ4n) is 1.79. The summed E-state index contributed by atoms with van der Waals surface area (Å²) in [4.78, 5) is 7.72. The van der Waals surface area contributed by atoms with Gasteiger partial charge in [0.1, 0.15) is 11.5 Å². The second-order valence-corrected chi connectivity index (χ2v) is 3.68. The minimum atomic E-state index is 0. The van der Waals surface area contributed by atoms with E-state index in [0.29, 0.717) is 5.82 Å². The zero-order chi connectivity index (χ0) is 13.1. The summed E-state index contributed by atoms with van der Waals surface area (Å²) >= 11 is 0. The van der Waals surface area contributed by atoms with Crippen LogP contribution in [0.25, 0.3) is 22.6 Å². The zero-order valence-corrected chi connectivity index (χ0v) is 10.8. The third kappa shape index (κ3) is 2.07. The summed E-state index contributed by atoms with van der Waals surface area (Å²) in [6.45, 7) is 4.00. The van der Waals surface area contributed by atoms with Crippen LogP contribution >= 0.6 is 0 Å². The first-order chi connectivity index (χ1) is 8.74. The second-order valence-electron chi connectivity index (χ2n) is 3.68. The number of H-pyrrole nitrogens is 1. The standard InChI is InChI=1S/C11H11N5.C2H6.H2/c1-16-9(6-10(12)15-16)11-13-7-4-2-3-5-8(7)14-11;1-2;/h2-6H,1H3,(H2,12,15)(H,13,14);1-2H3;1H. The first-order valence-corrected chi connectivity index (χ1v) is 5.99. The molecule has 2 heterocycles. The molecule has 0 bridgehead atoms. The molecule has 0 aliphatic carbocycles. The number of aryl methyl sites for hydroxylation is 1. The summed E-state index contributed by atoms with van der Waals surface area (Å²) in [7, 11) is 1.85. The number of nitrogens with zero attached hydrogens (tertiary/aromatic N) is 3. The Balaban J connectivity index is 0.000000576. The van der Waals surface area contributed by atoms with Crippen LogP contribution in [0.1, 0.15) is 15.3 Å². The van der Waals surface area contributed by atoms with Crippen LogP contribution in [-0.4, -0.2) is 19.7 Å². The van der Waals surface area contributed by atoms with Crippen LogP contribution in [0, 0.1) is 0 Å². The summed E-state index contributed by atoms with van der Waals surface area (Å²) < 4.78 is 1.72. The van der Waals surface area contributed by atoms with E-state index in [-0.39, 0.29) is 1.43 Å². The molecule has 0 aliphatic rings. The van der Waals surface area contributed by atoms with Gasteiger partial charge in [-0.25, -0.2) is 4.98 Å². The lowest BCUT2D eigenvalue weighted by atomic mass is 10.3. The highest BCUT2D eigenvalue weighted by Crippen LogP contribution is 2.21. The van der Waals surface area contributed by atoms with Gasteiger partial charge in [-0.05, 0) is 12.1 Å². The fourth-order valence-corrected chi connectivity index (χ4v) is 1.79. The quantitative estimate of drug-likeness (QED) is 0.692. The molecule has 0 amide bonds. The third-order valence-electron chi connectivity index (χ3n) is 2.53. The van der Waals surface area contributed by atoms with Crippen molar-refractivity contribution in [2.45, 2.75) is 13.8 Å². The van der Waals surface area contributed by atoms with Crippen molar-refractivity contribution in [2.75, 3.05) is 5.73 Å². The van der Waals surface area contributed by atoms with Crippen molar-refractivity contribution in [2.24, 2.45) is 7.05 Å². The van der Waals surface area contributed by atoms with E-state index in [1.807, 2.05) is 45.2 Å². The summed E-state index contributed by atoms with van der Waals surface area (Å²) in [5.74, 6) is 1.28. The van der Waals surface area contributed by atoms with Gasteiger partial charge in [-0.15, -0.1) is 0 Å². The first-order valence-electron chi connectivity index (χ1n) is 5.99. The molecular weight excluding hydrogens is 226 g/mol. The van der Waals surface area contributed by atoms with Crippen LogP contribution in [0.15, 0.2) is 30.3 Å². The van der Waals surface area contributed by atoms with E-state index in [1.54, 1.807) is 10.7 Å². The van der Waals surface area contributed by atoms with Gasteiger partial charge < -0.3 is 10.7 Å². The molecule has 96 valence electrons. The number of nitrogens with two attached hydrogens (primary N) is 1. The molecule has 0 atom stereocenters. The Morgan fingerprint density at radius 1 is 1.28 bits per heavy atom. The van der Waals surface area contributed by atoms with E-state index in [4.69, 9.17) is 5.73 Å². The van der Waals surface area contributed by atoms with E-state index in [1.165, 1.54) is 0 Å². The minimum Gasteiger partial charge on any atom is -0.382 e. The average Bonchev–Trinajstić information content (AvgIpc) is 2.94. The molecule has 0 unspecified atom stereocenters. The molecule has 18 heavy (non-hydrogen) atoms. The van der Waals surface area contributed by atoms with Crippen LogP contribution < -0.4 is 5.73 Å². The van der Waals surface area contributed by atoms with Crippen molar-refractivity contribution < 1.29 is 1.43 Å². The fraction of sp³-hybridized carbons (Fsp3) is 0.231. The number of hydrogen-bond acceptors (Lipinski definition) is 3. The summed E-state index contributed by atoms with van der Waals surface area (Å²) in [6.07, 6.45) is 0. The van der Waals surface area contributed by atoms with E-state index in [0.717, 1.165) is 22.6 Å². The summed E-state index contributed by atoms with van der Waals surface area (Å²) in [6, 6.07) is 9.70. The van der Waals surface area contributed by atoms with Crippen molar-refractivity contribution in [3.05, 3.63) is 30.3 Å². The molecule has 0 spiro atoms. The van der Waals surface area contributed by atoms with Gasteiger partial charge in [0, 0.05) is 14.5 Å². The monoisotopic (exact) mass is 245 g/mol. The minimum absolute atomic E-state index is 0. The highest BCUT2D eigenvalue weighted by Gasteiger charge is 2.09. The number of aromatic nitrogens is 4. The largest absolute Gasteiger partial charge is 0.382 e. The molecule has 3 aromatic rings. The molecule has 0 saturated carbocycles. The number of anilines is 1. The molecule has 1 aromatic carbocycles. The molecule has 3 rings (SSSR count). The van der Waals surface area contributed by atoms with Crippen LogP contribution in [0.5, 0.6) is 0 Å². The molecule has 5 heteroatoms. The van der Waals surface area contributed by atoms with Gasteiger partial charge in [0.2, 0.25) is 0 Å². The number of para-hydroxylation sites is 2. The Morgan fingerprint density at radius 2 is 2.00 bits per heavy atom. The Labute approximate surface area is 107 Å². The topological polar surface area (TPSA) is 72.5 Å². The maximum absolute atomic E-state index is 5.64. The number of nitrogens with one attached hydrogen (secondary N) is 1. The van der Waals surface area contributed by atoms with Crippen molar-refractivity contribution in [1.82, 2.24) is 19.7 Å². The van der Waals surface area contributed by atoms with Gasteiger partial charge in [0.15, 0.2) is 5.82 Å². The molecule has 0 saturated heterocycles. The molecule has 0 aliphatic heterocycles. The molecule has 0 fully saturated rings. The van der Waals surface area contributed by atoms with Gasteiger partial charge >= 0.3 is 0 Å². The number of fused-ring (bicyclic) bond motifs is 1. The number of rotatable bonds is 1. The van der Waals surface area contributed by atoms with Gasteiger partial charge in [0.25, 0.3) is 0 Å². The van der Waals surface area contributed by atoms with Crippen LogP contribution in [-0.2, 0) is 7.05 Å². The predicted octanol–water partition coefficient (Wildman–Crippen LogP) is 2.82. The average molecular weight is 245 g/mol. The van der Waals surface area contributed by atoms with Crippen molar-refractivity contribution >= 4 is 16.9 Å². The van der Waals surface area contributed by atoms with Crippen LogP contribution in [0.3, 0.4) is 0 Å². The SMILES string of the molecule is CC.Cn1nc(N)cc1-c1nc2ccccc2[nH]1.[HH]. The molecule has 5 nitrogen and oxygen atoms in total. The number of imidazole rings is 1. The van der Waals surface area contributed by atoms with Gasteiger partial charge in [-0.2, -0.15) is 5.10 Å². The molecule has 3 N–H and O–H groups in total. The number of nitrogen functional groups attached to an aromatic ring is 1. The Morgan fingerprint density at radius 3 is 2.61 bits per heavy atom. The smallest absolute Gasteiger partial charge is 0.156 e. The van der Waals surface area contributed by atoms with Crippen molar-refractivity contribution in [1.29, 1.82) is 0 Å². The lowest BCUT2D eigenvalue weighted by molar-refractivity contribution is 0.776. The number of hydrogen-bond donors (Lipinski definition) is 2. The van der Waals surface area contributed by atoms with E-state index in [2.05, 4.69) is 15.1 Å². The van der Waals surface area contributed by atoms with Crippen LogP contribution in [0.4, 0.5) is 5.82 Å². The highest BCUT2D eigenvalue weighted by molar-refractivity contribution is 5.78. The molecule has 2 aromatic heterocycles. The molecular formula is C13H19N5. The Bertz CT molecular complexity index is 623. The van der Waals surface area contributed by atoms with Gasteiger partial charge in [-0.1, -0.05) is 26.0 Å². The predicted molar refractivity (Wildman–Crippen MR) is 76.2 cm³/mol. The second kappa shape index (κ2) is 4.91. The van der Waals surface area contributed by atoms with Crippen molar-refractivity contribution in [3.8, 4) is 11.5 Å². The van der Waals surface area contributed by atoms with E-state index < -0.39 is 0 Å². The maximum Gasteiger partial charge on any atom is 0.156 e. The van der Waals surface area contributed by atoms with Gasteiger partial charge in [-0.3, -0.25) is 4.68 Å². The number of benzene rings is 1. The summed E-state index contributed by atoms with van der Waals surface area (Å²) in [5.41, 5.74) is 8.47. The normalized spacial score (nSPS) is 10.2. The molecule has 0 radical (unpaired) electrons. The number of aromatic amines is 1. The highest BCUT2D eigenvalue weighted by atomic mass is 15.3. The van der Waals surface area contributed by atoms with Crippen LogP contribution in [0.2, 0.25) is 0 Å². The zero-order valence-electron chi connectivity index (χ0n) is 10.8. The van der Waals surface area contributed by atoms with Crippen molar-refractivity contribution in [3.63, 3.8) is 0 Å². The first kappa shape index (κ1) is 12.2. The third-order valence-corrected chi connectivity index (χ3v) is 2.53. The lowest BCUT2D eigenvalue weighted by Crippen LogP contribution is -1.95. The van der Waals surface area contributed by atoms with E-state index in [9.17, 15) is 0 Å². The Kier molecular flexibility index (Phi) is 3.32. The Hall–Kier alpha value is -2.30. The van der Waals surface area contributed by atoms with Gasteiger partial charge in [0.05, 0.1) is 11.0 Å². The maximum atomic E-state index is 5.64. The van der Waals surface area contributed by atoms with E-state index >= 15 is 0 Å². The lowest BCUT2D eigenvalue weighted by Gasteiger charge is -1.94. The summed E-state index contributed by atoms with van der Waals surface area (Å²) in [5, 5.41) is 4.09.